The van der Waals surface area contributed by atoms with Crippen molar-refractivity contribution in [1.82, 2.24) is 4.98 Å². The molecule has 0 aliphatic rings. The predicted octanol–water partition coefficient (Wildman–Crippen LogP) is 4.28. The van der Waals surface area contributed by atoms with Crippen molar-refractivity contribution in [1.29, 1.82) is 0 Å². The lowest BCUT2D eigenvalue weighted by Gasteiger charge is -2.09. The second kappa shape index (κ2) is 8.04. The topological polar surface area (TPSA) is 94.6 Å². The summed E-state index contributed by atoms with van der Waals surface area (Å²) in [7, 11) is -1.93. The number of benzene rings is 3. The highest BCUT2D eigenvalue weighted by atomic mass is 32.2. The molecule has 30 heavy (non-hydrogen) atoms. The average Bonchev–Trinajstić information content (AvgIpc) is 3.05. The van der Waals surface area contributed by atoms with Crippen LogP contribution in [0.25, 0.3) is 10.9 Å². The fourth-order valence-electron chi connectivity index (χ4n) is 3.47. The minimum absolute atomic E-state index is 0.0151. The third-order valence-electron chi connectivity index (χ3n) is 4.76. The van der Waals surface area contributed by atoms with E-state index in [0.29, 0.717) is 33.4 Å². The molecular formula is C23H21N3O3S. The van der Waals surface area contributed by atoms with E-state index >= 15 is 0 Å². The first-order valence-electron chi connectivity index (χ1n) is 9.38. The van der Waals surface area contributed by atoms with Crippen molar-refractivity contribution in [2.45, 2.75) is 5.75 Å². The van der Waals surface area contributed by atoms with Gasteiger partial charge in [0.2, 0.25) is 10.0 Å². The lowest BCUT2D eigenvalue weighted by atomic mass is 10.0. The highest BCUT2D eigenvalue weighted by Gasteiger charge is 2.19. The molecule has 3 aromatic carbocycles. The van der Waals surface area contributed by atoms with Gasteiger partial charge in [0.05, 0.1) is 17.0 Å². The number of H-pyrrole nitrogens is 1. The normalized spacial score (nSPS) is 12.2. The van der Waals surface area contributed by atoms with Gasteiger partial charge in [-0.1, -0.05) is 60.7 Å². The summed E-state index contributed by atoms with van der Waals surface area (Å²) in [5.74, 6) is -0.137. The first kappa shape index (κ1) is 19.7. The van der Waals surface area contributed by atoms with E-state index in [-0.39, 0.29) is 11.6 Å². The van der Waals surface area contributed by atoms with E-state index in [0.717, 1.165) is 5.56 Å². The summed E-state index contributed by atoms with van der Waals surface area (Å²) in [5, 5.41) is 11.2. The summed E-state index contributed by atoms with van der Waals surface area (Å²) in [5.41, 5.74) is 3.81. The van der Waals surface area contributed by atoms with Crippen molar-refractivity contribution in [2.75, 3.05) is 11.8 Å². The number of nitrogens with zero attached hydrogens (tertiary/aromatic N) is 1. The largest absolute Gasteiger partial charge is 0.494 e. The minimum atomic E-state index is -3.59. The van der Waals surface area contributed by atoms with E-state index in [2.05, 4.69) is 14.7 Å². The molecule has 152 valence electrons. The maximum Gasteiger partial charge on any atom is 0.236 e. The molecule has 0 unspecified atom stereocenters. The van der Waals surface area contributed by atoms with Gasteiger partial charge in [-0.05, 0) is 23.8 Å². The van der Waals surface area contributed by atoms with Crippen LogP contribution in [0.3, 0.4) is 0 Å². The van der Waals surface area contributed by atoms with Crippen molar-refractivity contribution in [2.24, 2.45) is 4.99 Å². The van der Waals surface area contributed by atoms with Gasteiger partial charge in [0.15, 0.2) is 5.88 Å². The first-order valence-corrected chi connectivity index (χ1v) is 11.0. The maximum absolute atomic E-state index is 12.6. The number of rotatable bonds is 6. The minimum Gasteiger partial charge on any atom is -0.494 e. The lowest BCUT2D eigenvalue weighted by Crippen LogP contribution is -2.15. The van der Waals surface area contributed by atoms with Gasteiger partial charge in [-0.25, -0.2) is 8.42 Å². The van der Waals surface area contributed by atoms with Gasteiger partial charge < -0.3 is 10.1 Å². The third-order valence-corrected chi connectivity index (χ3v) is 6.02. The average molecular weight is 420 g/mol. The Balaban J connectivity index is 1.71. The molecule has 0 saturated heterocycles. The maximum atomic E-state index is 12.6. The zero-order chi connectivity index (χ0) is 21.1. The molecule has 4 rings (SSSR count). The zero-order valence-corrected chi connectivity index (χ0v) is 17.1. The van der Waals surface area contributed by atoms with Crippen molar-refractivity contribution < 1.29 is 13.5 Å². The molecule has 0 bridgehead atoms. The molecule has 0 aliphatic heterocycles. The standard InChI is InChI=1S/C23H21N3O3S/c1-24-22(17-10-6-3-7-11-17)21-19-14-18(12-13-20(19)25-23(21)27)26-30(28,29)15-16-8-4-2-5-9-16/h2-14,25-27H,15H2,1H3. The Morgan fingerprint density at radius 3 is 2.33 bits per heavy atom. The predicted molar refractivity (Wildman–Crippen MR) is 121 cm³/mol. The molecule has 0 amide bonds. The van der Waals surface area contributed by atoms with Gasteiger partial charge in [-0.3, -0.25) is 9.71 Å². The molecular weight excluding hydrogens is 398 g/mol. The Hall–Kier alpha value is -3.58. The summed E-state index contributed by atoms with van der Waals surface area (Å²) < 4.78 is 27.9. The van der Waals surface area contributed by atoms with Crippen LogP contribution < -0.4 is 4.72 Å². The van der Waals surface area contributed by atoms with Crippen LogP contribution in [-0.4, -0.2) is 31.3 Å². The summed E-state index contributed by atoms with van der Waals surface area (Å²) in [6.07, 6.45) is 0. The lowest BCUT2D eigenvalue weighted by molar-refractivity contribution is 0.457. The molecule has 0 spiro atoms. The summed E-state index contributed by atoms with van der Waals surface area (Å²) in [4.78, 5) is 7.31. The molecule has 7 heteroatoms. The number of aromatic amines is 1. The van der Waals surface area contributed by atoms with Crippen LogP contribution in [0.2, 0.25) is 0 Å². The second-order valence-electron chi connectivity index (χ2n) is 6.89. The molecule has 1 aromatic heterocycles. The van der Waals surface area contributed by atoms with E-state index < -0.39 is 10.0 Å². The summed E-state index contributed by atoms with van der Waals surface area (Å²) >= 11 is 0. The van der Waals surface area contributed by atoms with Crippen LogP contribution in [0, 0.1) is 0 Å². The van der Waals surface area contributed by atoms with Crippen LogP contribution in [-0.2, 0) is 15.8 Å². The molecule has 0 atom stereocenters. The zero-order valence-electron chi connectivity index (χ0n) is 16.3. The monoisotopic (exact) mass is 419 g/mol. The SMILES string of the molecule is CN=C(c1ccccc1)c1c(O)[nH]c2ccc(NS(=O)(=O)Cc3ccccc3)cc12. The van der Waals surface area contributed by atoms with Gasteiger partial charge >= 0.3 is 0 Å². The van der Waals surface area contributed by atoms with Crippen LogP contribution in [0.15, 0.2) is 83.9 Å². The fourth-order valence-corrected chi connectivity index (χ4v) is 4.66. The van der Waals surface area contributed by atoms with Crippen LogP contribution in [0.4, 0.5) is 5.69 Å². The van der Waals surface area contributed by atoms with Crippen molar-refractivity contribution in [3.63, 3.8) is 0 Å². The number of aromatic nitrogens is 1. The molecule has 0 aliphatic carbocycles. The van der Waals surface area contributed by atoms with Gasteiger partial charge in [0, 0.05) is 29.2 Å². The fraction of sp³-hybridized carbons (Fsp3) is 0.0870. The molecule has 3 N–H and O–H groups in total. The summed E-state index contributed by atoms with van der Waals surface area (Å²) in [6, 6.07) is 23.6. The van der Waals surface area contributed by atoms with Crippen molar-refractivity contribution in [3.8, 4) is 5.88 Å². The van der Waals surface area contributed by atoms with E-state index in [1.54, 1.807) is 49.5 Å². The van der Waals surface area contributed by atoms with E-state index in [9.17, 15) is 13.5 Å². The number of fused-ring (bicyclic) bond motifs is 1. The molecule has 6 nitrogen and oxygen atoms in total. The number of aromatic hydroxyl groups is 1. The molecule has 4 aromatic rings. The Labute approximate surface area is 175 Å². The van der Waals surface area contributed by atoms with Crippen LogP contribution in [0.1, 0.15) is 16.7 Å². The smallest absolute Gasteiger partial charge is 0.236 e. The molecule has 0 radical (unpaired) electrons. The Kier molecular flexibility index (Phi) is 5.29. The molecule has 1 heterocycles. The number of anilines is 1. The molecule has 0 saturated carbocycles. The van der Waals surface area contributed by atoms with Gasteiger partial charge in [0.1, 0.15) is 0 Å². The Morgan fingerprint density at radius 1 is 1.00 bits per heavy atom. The number of hydrogen-bond acceptors (Lipinski definition) is 4. The van der Waals surface area contributed by atoms with Crippen molar-refractivity contribution >= 4 is 32.3 Å². The van der Waals surface area contributed by atoms with E-state index in [1.165, 1.54) is 0 Å². The second-order valence-corrected chi connectivity index (χ2v) is 8.62. The highest BCUT2D eigenvalue weighted by molar-refractivity contribution is 7.91. The van der Waals surface area contributed by atoms with Crippen molar-refractivity contribution in [3.05, 3.63) is 95.6 Å². The third kappa shape index (κ3) is 4.06. The number of nitrogens with one attached hydrogen (secondary N) is 2. The Bertz CT molecular complexity index is 1310. The number of hydrogen-bond donors (Lipinski definition) is 3. The van der Waals surface area contributed by atoms with Crippen LogP contribution in [0.5, 0.6) is 5.88 Å². The summed E-state index contributed by atoms with van der Waals surface area (Å²) in [6.45, 7) is 0. The van der Waals surface area contributed by atoms with Gasteiger partial charge in [0.25, 0.3) is 0 Å². The van der Waals surface area contributed by atoms with E-state index in [4.69, 9.17) is 0 Å². The Morgan fingerprint density at radius 2 is 1.67 bits per heavy atom. The number of aliphatic imine (C=N–C) groups is 1. The quantitative estimate of drug-likeness (QED) is 0.407. The van der Waals surface area contributed by atoms with Gasteiger partial charge in [-0.2, -0.15) is 0 Å². The number of sulfonamides is 1. The van der Waals surface area contributed by atoms with Gasteiger partial charge in [-0.15, -0.1) is 0 Å². The first-order chi connectivity index (χ1) is 14.5. The molecule has 0 fully saturated rings. The van der Waals surface area contributed by atoms with Crippen LogP contribution >= 0.6 is 0 Å². The highest BCUT2D eigenvalue weighted by Crippen LogP contribution is 2.32. The van der Waals surface area contributed by atoms with E-state index in [1.807, 2.05) is 36.4 Å².